The molecule has 0 aliphatic heterocycles. The Labute approximate surface area is 95.4 Å². The van der Waals surface area contributed by atoms with E-state index in [-0.39, 0.29) is 6.20 Å². The summed E-state index contributed by atoms with van der Waals surface area (Å²) in [5.41, 5.74) is -1.38. The van der Waals surface area contributed by atoms with Gasteiger partial charge in [-0.3, -0.25) is 0 Å². The normalized spacial score (nSPS) is 13.9. The van der Waals surface area contributed by atoms with Gasteiger partial charge < -0.3 is 4.74 Å². The molecule has 3 nitrogen and oxygen atoms in total. The van der Waals surface area contributed by atoms with Gasteiger partial charge in [-0.15, -0.1) is 0 Å². The van der Waals surface area contributed by atoms with E-state index in [2.05, 4.69) is 14.7 Å². The molecule has 17 heavy (non-hydrogen) atoms. The summed E-state index contributed by atoms with van der Waals surface area (Å²) in [4.78, 5) is 5.82. The molecule has 96 valence electrons. The van der Waals surface area contributed by atoms with Gasteiger partial charge in [-0.05, 0) is 0 Å². The molecule has 1 heterocycles. The van der Waals surface area contributed by atoms with E-state index in [1.165, 1.54) is 0 Å². The zero-order valence-electron chi connectivity index (χ0n) is 7.68. The van der Waals surface area contributed by atoms with Crippen molar-refractivity contribution < 1.29 is 31.1 Å². The number of hydrogen-bond donors (Lipinski definition) is 0. The van der Waals surface area contributed by atoms with E-state index in [1.807, 2.05) is 0 Å². The second kappa shape index (κ2) is 4.94. The number of halogens is 7. The fourth-order valence-corrected chi connectivity index (χ4v) is 0.973. The van der Waals surface area contributed by atoms with Crippen LogP contribution in [-0.4, -0.2) is 22.8 Å². The maximum Gasteiger partial charge on any atom is 0.420 e. The van der Waals surface area contributed by atoms with Crippen LogP contribution in [0.25, 0.3) is 0 Å². The zero-order chi connectivity index (χ0) is 13.2. The molecule has 0 bridgehead atoms. The maximum atomic E-state index is 12.4. The van der Waals surface area contributed by atoms with Crippen molar-refractivity contribution in [2.75, 3.05) is 0 Å². The molecule has 0 radical (unpaired) electrons. The molecule has 0 saturated heterocycles. The Balaban J connectivity index is 2.90. The van der Waals surface area contributed by atoms with Crippen LogP contribution in [0.15, 0.2) is 6.20 Å². The highest BCUT2D eigenvalue weighted by Crippen LogP contribution is 2.33. The van der Waals surface area contributed by atoms with Gasteiger partial charge in [0.25, 0.3) is 0 Å². The predicted molar refractivity (Wildman–Crippen MR) is 43.6 cm³/mol. The Morgan fingerprint density at radius 2 is 1.82 bits per heavy atom. The summed E-state index contributed by atoms with van der Waals surface area (Å²) in [5.74, 6) is 0. The summed E-state index contributed by atoms with van der Waals surface area (Å²) >= 11 is 5.12. The lowest BCUT2D eigenvalue weighted by molar-refractivity contribution is -0.138. The molecule has 1 aromatic rings. The predicted octanol–water partition coefficient (Wildman–Crippen LogP) is 3.09. The molecule has 1 aromatic heterocycles. The van der Waals surface area contributed by atoms with Gasteiger partial charge in [0.15, 0.2) is 0 Å². The lowest BCUT2D eigenvalue weighted by atomic mass is 10.3. The van der Waals surface area contributed by atoms with E-state index in [9.17, 15) is 26.3 Å². The number of rotatable bonds is 3. The first-order chi connectivity index (χ1) is 7.71. The minimum atomic E-state index is -4.80. The van der Waals surface area contributed by atoms with Crippen LogP contribution in [0.4, 0.5) is 26.3 Å². The summed E-state index contributed by atoms with van der Waals surface area (Å²) in [7, 11) is 0. The number of nitrogens with zero attached hydrogens (tertiary/aromatic N) is 2. The number of hydrogen-bond acceptors (Lipinski definition) is 3. The van der Waals surface area contributed by atoms with Crippen LogP contribution in [-0.2, 0) is 6.18 Å². The van der Waals surface area contributed by atoms with Crippen molar-refractivity contribution in [3.63, 3.8) is 0 Å². The van der Waals surface area contributed by atoms with E-state index in [0.29, 0.717) is 0 Å². The second-order valence-electron chi connectivity index (χ2n) is 2.66. The minimum Gasteiger partial charge on any atom is -0.422 e. The van der Waals surface area contributed by atoms with Gasteiger partial charge in [0.05, 0.1) is 0 Å². The third kappa shape index (κ3) is 3.62. The Morgan fingerprint density at radius 3 is 2.24 bits per heavy atom. The third-order valence-corrected chi connectivity index (χ3v) is 1.73. The van der Waals surface area contributed by atoms with E-state index in [1.54, 1.807) is 0 Å². The van der Waals surface area contributed by atoms with Crippen LogP contribution in [0.5, 0.6) is 6.01 Å². The standard InChI is InChI=1S/C7H3ClF6N2O/c8-3-2(7(12,13)14)1-15-6(16-3)17-5(11)4(9)10/h1,4-5H. The van der Waals surface area contributed by atoms with E-state index < -0.39 is 35.7 Å². The first-order valence-corrected chi connectivity index (χ1v) is 4.28. The Kier molecular flexibility index (Phi) is 4.02. The highest BCUT2D eigenvalue weighted by molar-refractivity contribution is 6.30. The topological polar surface area (TPSA) is 35.0 Å². The van der Waals surface area contributed by atoms with Crippen LogP contribution < -0.4 is 4.74 Å². The van der Waals surface area contributed by atoms with Crippen molar-refractivity contribution >= 4 is 11.6 Å². The van der Waals surface area contributed by atoms with Gasteiger partial charge in [-0.1, -0.05) is 11.6 Å². The third-order valence-electron chi connectivity index (χ3n) is 1.44. The molecule has 1 rings (SSSR count). The smallest absolute Gasteiger partial charge is 0.420 e. The van der Waals surface area contributed by atoms with Gasteiger partial charge in [-0.25, -0.2) is 13.8 Å². The molecule has 0 spiro atoms. The average Bonchev–Trinajstić information content (AvgIpc) is 2.15. The highest BCUT2D eigenvalue weighted by Gasteiger charge is 2.35. The largest absolute Gasteiger partial charge is 0.422 e. The summed E-state index contributed by atoms with van der Waals surface area (Å²) in [6.45, 7) is 0. The molecule has 10 heteroatoms. The van der Waals surface area contributed by atoms with Crippen LogP contribution >= 0.6 is 11.6 Å². The van der Waals surface area contributed by atoms with E-state index in [4.69, 9.17) is 11.6 Å². The first-order valence-electron chi connectivity index (χ1n) is 3.90. The Morgan fingerprint density at radius 1 is 1.24 bits per heavy atom. The molecule has 1 atom stereocenters. The molecule has 0 N–H and O–H groups in total. The van der Waals surface area contributed by atoms with Crippen molar-refractivity contribution in [3.8, 4) is 6.01 Å². The summed E-state index contributed by atoms with van der Waals surface area (Å²) < 4.78 is 76.1. The summed E-state index contributed by atoms with van der Waals surface area (Å²) in [6.07, 6.45) is -11.1. The van der Waals surface area contributed by atoms with Crippen molar-refractivity contribution in [1.29, 1.82) is 0 Å². The van der Waals surface area contributed by atoms with E-state index >= 15 is 0 Å². The van der Waals surface area contributed by atoms with Gasteiger partial charge in [-0.2, -0.15) is 22.5 Å². The molecular formula is C7H3ClF6N2O. The molecule has 0 aliphatic carbocycles. The van der Waals surface area contributed by atoms with Crippen molar-refractivity contribution in [2.24, 2.45) is 0 Å². The molecule has 0 amide bonds. The second-order valence-corrected chi connectivity index (χ2v) is 3.02. The fourth-order valence-electron chi connectivity index (χ4n) is 0.745. The SMILES string of the molecule is FC(F)C(F)Oc1ncc(C(F)(F)F)c(Cl)n1. The van der Waals surface area contributed by atoms with Gasteiger partial charge in [0.1, 0.15) is 10.7 Å². The van der Waals surface area contributed by atoms with Crippen LogP contribution in [0.3, 0.4) is 0 Å². The molecular weight excluding hydrogens is 278 g/mol. The van der Waals surface area contributed by atoms with Crippen LogP contribution in [0.1, 0.15) is 5.56 Å². The van der Waals surface area contributed by atoms with Crippen LogP contribution in [0.2, 0.25) is 5.15 Å². The number of alkyl halides is 6. The minimum absolute atomic E-state index is 0.211. The van der Waals surface area contributed by atoms with Crippen LogP contribution in [0, 0.1) is 0 Å². The molecule has 1 unspecified atom stereocenters. The van der Waals surface area contributed by atoms with Crippen molar-refractivity contribution in [2.45, 2.75) is 19.0 Å². The molecule has 0 fully saturated rings. The Hall–Kier alpha value is -1.25. The zero-order valence-corrected chi connectivity index (χ0v) is 8.44. The van der Waals surface area contributed by atoms with Gasteiger partial charge in [0, 0.05) is 6.20 Å². The van der Waals surface area contributed by atoms with E-state index in [0.717, 1.165) is 0 Å². The number of aromatic nitrogens is 2. The Bertz CT molecular complexity index is 398. The van der Waals surface area contributed by atoms with Gasteiger partial charge in [0.2, 0.25) is 0 Å². The first kappa shape index (κ1) is 13.8. The molecule has 0 saturated carbocycles. The monoisotopic (exact) mass is 280 g/mol. The van der Waals surface area contributed by atoms with Gasteiger partial charge >= 0.3 is 25.0 Å². The fraction of sp³-hybridized carbons (Fsp3) is 0.429. The quantitative estimate of drug-likeness (QED) is 0.630. The average molecular weight is 281 g/mol. The number of ether oxygens (including phenoxy) is 1. The molecule has 0 aliphatic rings. The summed E-state index contributed by atoms with van der Waals surface area (Å²) in [6, 6.07) is -1.00. The van der Waals surface area contributed by atoms with Crippen molar-refractivity contribution in [3.05, 3.63) is 16.9 Å². The maximum absolute atomic E-state index is 12.4. The lowest BCUT2D eigenvalue weighted by Gasteiger charge is -2.11. The lowest BCUT2D eigenvalue weighted by Crippen LogP contribution is -2.21. The van der Waals surface area contributed by atoms with Crippen molar-refractivity contribution in [1.82, 2.24) is 9.97 Å². The summed E-state index contributed by atoms with van der Waals surface area (Å²) in [5, 5.41) is -1.07. The highest BCUT2D eigenvalue weighted by atomic mass is 35.5. The molecule has 0 aromatic carbocycles.